The van der Waals surface area contributed by atoms with Crippen molar-refractivity contribution >= 4 is 38.3 Å². The maximum atomic E-state index is 5.57. The molecular formula is C12H11BrN4S. The molecule has 0 bridgehead atoms. The number of rotatable bonds is 2. The molecule has 0 fully saturated rings. The maximum absolute atomic E-state index is 5.57. The van der Waals surface area contributed by atoms with Crippen LogP contribution < -0.4 is 5.73 Å². The lowest BCUT2D eigenvalue weighted by molar-refractivity contribution is 1.04. The van der Waals surface area contributed by atoms with Gasteiger partial charge in [0.2, 0.25) is 0 Å². The molecule has 0 aliphatic rings. The Morgan fingerprint density at radius 3 is 2.94 bits per heavy atom. The van der Waals surface area contributed by atoms with Crippen molar-refractivity contribution in [2.24, 2.45) is 5.73 Å². The highest BCUT2D eigenvalue weighted by Crippen LogP contribution is 2.26. The van der Waals surface area contributed by atoms with Crippen molar-refractivity contribution in [3.63, 3.8) is 0 Å². The molecule has 0 unspecified atom stereocenters. The van der Waals surface area contributed by atoms with Gasteiger partial charge in [0.25, 0.3) is 0 Å². The van der Waals surface area contributed by atoms with E-state index >= 15 is 0 Å². The second kappa shape index (κ2) is 4.46. The standard InChI is InChI=1S/C12H11BrN4S/c1-6-2-7(13)3-8-11(6)17-12(16-8)9-5-18-10(4-14)15-9/h2-3,5H,4,14H2,1H3,(H,16,17). The zero-order valence-electron chi connectivity index (χ0n) is 9.70. The molecule has 92 valence electrons. The molecule has 3 rings (SSSR count). The SMILES string of the molecule is Cc1cc(Br)cc2[nH]c(-c3csc(CN)n3)nc12. The van der Waals surface area contributed by atoms with Gasteiger partial charge in [-0.25, -0.2) is 9.97 Å². The third-order valence-corrected chi connectivity index (χ3v) is 4.04. The first-order chi connectivity index (χ1) is 8.67. The van der Waals surface area contributed by atoms with Crippen LogP contribution in [0.3, 0.4) is 0 Å². The van der Waals surface area contributed by atoms with E-state index in [1.807, 2.05) is 18.4 Å². The van der Waals surface area contributed by atoms with Gasteiger partial charge in [-0.3, -0.25) is 0 Å². The lowest BCUT2D eigenvalue weighted by Crippen LogP contribution is -1.94. The van der Waals surface area contributed by atoms with E-state index in [9.17, 15) is 0 Å². The van der Waals surface area contributed by atoms with Gasteiger partial charge in [-0.2, -0.15) is 0 Å². The third-order valence-electron chi connectivity index (χ3n) is 2.71. The molecular weight excluding hydrogens is 312 g/mol. The molecule has 2 aromatic heterocycles. The van der Waals surface area contributed by atoms with Crippen LogP contribution in [-0.2, 0) is 6.54 Å². The molecule has 6 heteroatoms. The van der Waals surface area contributed by atoms with Crippen LogP contribution in [0.15, 0.2) is 22.0 Å². The van der Waals surface area contributed by atoms with E-state index in [0.29, 0.717) is 6.54 Å². The van der Waals surface area contributed by atoms with E-state index in [-0.39, 0.29) is 0 Å². The zero-order valence-corrected chi connectivity index (χ0v) is 12.1. The minimum absolute atomic E-state index is 0.468. The van der Waals surface area contributed by atoms with Gasteiger partial charge in [-0.05, 0) is 24.6 Å². The van der Waals surface area contributed by atoms with E-state index < -0.39 is 0 Å². The fourth-order valence-electron chi connectivity index (χ4n) is 1.88. The fraction of sp³-hybridized carbons (Fsp3) is 0.167. The summed E-state index contributed by atoms with van der Waals surface area (Å²) < 4.78 is 1.05. The van der Waals surface area contributed by atoms with E-state index in [0.717, 1.165) is 37.6 Å². The summed E-state index contributed by atoms with van der Waals surface area (Å²) in [6, 6.07) is 4.08. The Morgan fingerprint density at radius 1 is 1.39 bits per heavy atom. The molecule has 4 nitrogen and oxygen atoms in total. The second-order valence-electron chi connectivity index (χ2n) is 4.03. The number of hydrogen-bond donors (Lipinski definition) is 2. The molecule has 0 radical (unpaired) electrons. The minimum Gasteiger partial charge on any atom is -0.337 e. The molecule has 2 heterocycles. The number of nitrogens with two attached hydrogens (primary N) is 1. The highest BCUT2D eigenvalue weighted by atomic mass is 79.9. The average Bonchev–Trinajstić information content (AvgIpc) is 2.93. The predicted octanol–water partition coefficient (Wildman–Crippen LogP) is 3.22. The van der Waals surface area contributed by atoms with Gasteiger partial charge in [-0.15, -0.1) is 11.3 Å². The number of aromatic nitrogens is 3. The van der Waals surface area contributed by atoms with Crippen molar-refractivity contribution in [3.05, 3.63) is 32.6 Å². The van der Waals surface area contributed by atoms with Crippen LogP contribution >= 0.6 is 27.3 Å². The van der Waals surface area contributed by atoms with Gasteiger partial charge >= 0.3 is 0 Å². The summed E-state index contributed by atoms with van der Waals surface area (Å²) in [5.41, 5.74) is 9.56. The van der Waals surface area contributed by atoms with Gasteiger partial charge in [0.1, 0.15) is 10.7 Å². The van der Waals surface area contributed by atoms with Crippen LogP contribution in [0.1, 0.15) is 10.6 Å². The van der Waals surface area contributed by atoms with Gasteiger partial charge in [-0.1, -0.05) is 15.9 Å². The van der Waals surface area contributed by atoms with E-state index in [1.54, 1.807) is 11.3 Å². The van der Waals surface area contributed by atoms with Crippen molar-refractivity contribution in [1.82, 2.24) is 15.0 Å². The topological polar surface area (TPSA) is 67.6 Å². The number of nitrogens with one attached hydrogen (secondary N) is 1. The van der Waals surface area contributed by atoms with E-state index in [4.69, 9.17) is 5.73 Å². The van der Waals surface area contributed by atoms with Crippen LogP contribution in [0.2, 0.25) is 0 Å². The fourth-order valence-corrected chi connectivity index (χ4v) is 3.11. The first-order valence-corrected chi connectivity index (χ1v) is 7.15. The summed E-state index contributed by atoms with van der Waals surface area (Å²) in [5, 5.41) is 2.90. The average molecular weight is 323 g/mol. The monoisotopic (exact) mass is 322 g/mol. The summed E-state index contributed by atoms with van der Waals surface area (Å²) in [6.45, 7) is 2.51. The lowest BCUT2D eigenvalue weighted by atomic mass is 10.2. The summed E-state index contributed by atoms with van der Waals surface area (Å²) >= 11 is 5.04. The highest BCUT2D eigenvalue weighted by molar-refractivity contribution is 9.10. The van der Waals surface area contributed by atoms with Gasteiger partial charge in [0.15, 0.2) is 5.82 Å². The number of imidazole rings is 1. The Balaban J connectivity index is 2.16. The zero-order chi connectivity index (χ0) is 12.7. The molecule has 0 saturated carbocycles. The van der Waals surface area contributed by atoms with Gasteiger partial charge in [0.05, 0.1) is 11.0 Å². The van der Waals surface area contributed by atoms with E-state index in [1.165, 1.54) is 0 Å². The largest absolute Gasteiger partial charge is 0.337 e. The van der Waals surface area contributed by atoms with Crippen molar-refractivity contribution < 1.29 is 0 Å². The molecule has 0 spiro atoms. The summed E-state index contributed by atoms with van der Waals surface area (Å²) in [6.07, 6.45) is 0. The first kappa shape index (κ1) is 11.8. The summed E-state index contributed by atoms with van der Waals surface area (Å²) in [7, 11) is 0. The second-order valence-corrected chi connectivity index (χ2v) is 5.89. The molecule has 3 N–H and O–H groups in total. The van der Waals surface area contributed by atoms with Crippen LogP contribution in [0.25, 0.3) is 22.6 Å². The first-order valence-electron chi connectivity index (χ1n) is 5.48. The number of aryl methyl sites for hydroxylation is 1. The number of H-pyrrole nitrogens is 1. The number of nitrogens with zero attached hydrogens (tertiary/aromatic N) is 2. The number of fused-ring (bicyclic) bond motifs is 1. The van der Waals surface area contributed by atoms with Crippen LogP contribution in [-0.4, -0.2) is 15.0 Å². The smallest absolute Gasteiger partial charge is 0.158 e. The molecule has 3 aromatic rings. The Bertz CT molecular complexity index is 716. The van der Waals surface area contributed by atoms with Crippen LogP contribution in [0.5, 0.6) is 0 Å². The highest BCUT2D eigenvalue weighted by Gasteiger charge is 2.10. The molecule has 0 atom stereocenters. The lowest BCUT2D eigenvalue weighted by Gasteiger charge is -1.94. The van der Waals surface area contributed by atoms with Crippen LogP contribution in [0.4, 0.5) is 0 Å². The van der Waals surface area contributed by atoms with Crippen LogP contribution in [0, 0.1) is 6.92 Å². The number of hydrogen-bond acceptors (Lipinski definition) is 4. The number of thiazole rings is 1. The molecule has 0 aliphatic heterocycles. The number of benzene rings is 1. The van der Waals surface area contributed by atoms with Crippen molar-refractivity contribution in [2.45, 2.75) is 13.5 Å². The molecule has 0 amide bonds. The molecule has 18 heavy (non-hydrogen) atoms. The Labute approximate surface area is 116 Å². The minimum atomic E-state index is 0.468. The molecule has 0 saturated heterocycles. The Kier molecular flexibility index (Phi) is 2.93. The van der Waals surface area contributed by atoms with Crippen molar-refractivity contribution in [3.8, 4) is 11.5 Å². The summed E-state index contributed by atoms with van der Waals surface area (Å²) in [4.78, 5) is 12.3. The Morgan fingerprint density at radius 2 is 2.22 bits per heavy atom. The Hall–Kier alpha value is -1.24. The number of halogens is 1. The van der Waals surface area contributed by atoms with Crippen molar-refractivity contribution in [2.75, 3.05) is 0 Å². The van der Waals surface area contributed by atoms with Crippen molar-refractivity contribution in [1.29, 1.82) is 0 Å². The predicted molar refractivity (Wildman–Crippen MR) is 77.5 cm³/mol. The van der Waals surface area contributed by atoms with Gasteiger partial charge in [0, 0.05) is 16.4 Å². The quantitative estimate of drug-likeness (QED) is 0.761. The molecule has 0 aliphatic carbocycles. The third kappa shape index (κ3) is 1.96. The summed E-state index contributed by atoms with van der Waals surface area (Å²) in [5.74, 6) is 0.794. The maximum Gasteiger partial charge on any atom is 0.158 e. The van der Waals surface area contributed by atoms with E-state index in [2.05, 4.69) is 36.9 Å². The normalized spacial score (nSPS) is 11.3. The van der Waals surface area contributed by atoms with Gasteiger partial charge < -0.3 is 10.7 Å². The molecule has 1 aromatic carbocycles. The number of aromatic amines is 1.